The molecule has 0 radical (unpaired) electrons. The molecule has 0 spiro atoms. The van der Waals surface area contributed by atoms with Crippen LogP contribution in [0.4, 0.5) is 4.79 Å². The molecule has 2 saturated heterocycles. The minimum absolute atomic E-state index is 0.00273. The molecule has 0 aliphatic carbocycles. The predicted octanol–water partition coefficient (Wildman–Crippen LogP) is 2.91. The first-order valence-electron chi connectivity index (χ1n) is 9.10. The van der Waals surface area contributed by atoms with Crippen molar-refractivity contribution in [3.63, 3.8) is 0 Å². The molecule has 3 amide bonds. The third-order valence-corrected chi connectivity index (χ3v) is 6.84. The van der Waals surface area contributed by atoms with Gasteiger partial charge < -0.3 is 15.1 Å². The van der Waals surface area contributed by atoms with Crippen molar-refractivity contribution in [1.29, 1.82) is 0 Å². The van der Waals surface area contributed by atoms with Gasteiger partial charge in [-0.15, -0.1) is 11.8 Å². The van der Waals surface area contributed by atoms with Crippen LogP contribution in [-0.2, 0) is 4.79 Å². The number of halogens is 2. The minimum Gasteiger partial charge on any atom is -0.338 e. The molecular weight excluding hydrogens is 407 g/mol. The SMILES string of the molecule is CCNC(=O)N1CCN(CCN2C(=O)CSC2c2ccc(Cl)c(Cl)c2)CC1. The van der Waals surface area contributed by atoms with E-state index in [0.29, 0.717) is 42.0 Å². The van der Waals surface area contributed by atoms with Gasteiger partial charge in [0.15, 0.2) is 0 Å². The molecule has 2 fully saturated rings. The van der Waals surface area contributed by atoms with E-state index in [0.717, 1.165) is 25.2 Å². The van der Waals surface area contributed by atoms with Gasteiger partial charge in [-0.05, 0) is 24.6 Å². The molecule has 0 aromatic heterocycles. The number of piperazine rings is 1. The Balaban J connectivity index is 1.54. The van der Waals surface area contributed by atoms with Crippen LogP contribution < -0.4 is 5.32 Å². The molecule has 3 rings (SSSR count). The van der Waals surface area contributed by atoms with E-state index in [2.05, 4.69) is 10.2 Å². The number of carbonyl (C=O) groups excluding carboxylic acids is 2. The highest BCUT2D eigenvalue weighted by Crippen LogP contribution is 2.40. The second kappa shape index (κ2) is 9.37. The van der Waals surface area contributed by atoms with Gasteiger partial charge in [-0.2, -0.15) is 0 Å². The smallest absolute Gasteiger partial charge is 0.317 e. The van der Waals surface area contributed by atoms with Gasteiger partial charge in [0, 0.05) is 45.8 Å². The summed E-state index contributed by atoms with van der Waals surface area (Å²) in [5.41, 5.74) is 1.00. The van der Waals surface area contributed by atoms with E-state index < -0.39 is 0 Å². The lowest BCUT2D eigenvalue weighted by Gasteiger charge is -2.36. The molecule has 1 N–H and O–H groups in total. The van der Waals surface area contributed by atoms with Crippen molar-refractivity contribution in [2.24, 2.45) is 0 Å². The standard InChI is InChI=1S/C18H24Cl2N4O2S/c1-2-21-18(26)23-8-5-22(6-9-23)7-10-24-16(25)12-27-17(24)13-3-4-14(19)15(20)11-13/h3-4,11,17H,2,5-10,12H2,1H3,(H,21,26). The topological polar surface area (TPSA) is 55.9 Å². The molecule has 148 valence electrons. The highest BCUT2D eigenvalue weighted by Gasteiger charge is 2.33. The Hall–Kier alpha value is -1.15. The molecule has 1 unspecified atom stereocenters. The second-order valence-corrected chi connectivity index (χ2v) is 8.47. The molecule has 1 aromatic carbocycles. The Labute approximate surface area is 174 Å². The van der Waals surface area contributed by atoms with Crippen molar-refractivity contribution in [2.45, 2.75) is 12.3 Å². The van der Waals surface area contributed by atoms with Crippen LogP contribution in [-0.4, -0.2) is 78.2 Å². The summed E-state index contributed by atoms with van der Waals surface area (Å²) < 4.78 is 0. The van der Waals surface area contributed by atoms with Crippen molar-refractivity contribution in [3.8, 4) is 0 Å². The summed E-state index contributed by atoms with van der Waals surface area (Å²) in [5, 5.41) is 3.84. The zero-order valence-electron chi connectivity index (χ0n) is 15.3. The number of rotatable bonds is 5. The fourth-order valence-electron chi connectivity index (χ4n) is 3.32. The summed E-state index contributed by atoms with van der Waals surface area (Å²) in [4.78, 5) is 30.3. The van der Waals surface area contributed by atoms with Gasteiger partial charge in [0.1, 0.15) is 5.37 Å². The number of carbonyl (C=O) groups is 2. The molecule has 1 atom stereocenters. The van der Waals surface area contributed by atoms with E-state index in [9.17, 15) is 9.59 Å². The first-order valence-corrected chi connectivity index (χ1v) is 10.9. The number of benzene rings is 1. The maximum Gasteiger partial charge on any atom is 0.317 e. The molecule has 0 saturated carbocycles. The summed E-state index contributed by atoms with van der Waals surface area (Å²) in [5.74, 6) is 0.632. The summed E-state index contributed by atoms with van der Waals surface area (Å²) in [6.07, 6.45) is 0. The Bertz CT molecular complexity index is 698. The fourth-order valence-corrected chi connectivity index (χ4v) is 4.84. The third-order valence-electron chi connectivity index (χ3n) is 4.84. The van der Waals surface area contributed by atoms with Crippen LogP contribution in [0.15, 0.2) is 18.2 Å². The quantitative estimate of drug-likeness (QED) is 0.779. The Morgan fingerprint density at radius 2 is 1.93 bits per heavy atom. The Morgan fingerprint density at radius 3 is 2.59 bits per heavy atom. The first kappa shape index (κ1) is 20.6. The summed E-state index contributed by atoms with van der Waals surface area (Å²) >= 11 is 13.8. The fraction of sp³-hybridized carbons (Fsp3) is 0.556. The van der Waals surface area contributed by atoms with Crippen LogP contribution in [0.5, 0.6) is 0 Å². The van der Waals surface area contributed by atoms with E-state index in [1.54, 1.807) is 17.8 Å². The number of nitrogens with one attached hydrogen (secondary N) is 1. The van der Waals surface area contributed by atoms with Crippen molar-refractivity contribution < 1.29 is 9.59 Å². The molecule has 9 heteroatoms. The van der Waals surface area contributed by atoms with Gasteiger partial charge in [0.2, 0.25) is 5.91 Å². The third kappa shape index (κ3) is 5.02. The van der Waals surface area contributed by atoms with Gasteiger partial charge >= 0.3 is 6.03 Å². The molecule has 2 aliphatic rings. The molecule has 27 heavy (non-hydrogen) atoms. The molecule has 2 heterocycles. The van der Waals surface area contributed by atoms with Crippen molar-refractivity contribution >= 4 is 46.9 Å². The number of hydrogen-bond donors (Lipinski definition) is 1. The summed E-state index contributed by atoms with van der Waals surface area (Å²) in [7, 11) is 0. The van der Waals surface area contributed by atoms with E-state index in [4.69, 9.17) is 23.2 Å². The van der Waals surface area contributed by atoms with Crippen molar-refractivity contribution in [2.75, 3.05) is 51.6 Å². The summed E-state index contributed by atoms with van der Waals surface area (Å²) in [6.45, 7) is 7.10. The molecule has 0 bridgehead atoms. The largest absolute Gasteiger partial charge is 0.338 e. The maximum absolute atomic E-state index is 12.4. The van der Waals surface area contributed by atoms with Crippen molar-refractivity contribution in [1.82, 2.24) is 20.0 Å². The normalized spacial score (nSPS) is 21.0. The minimum atomic E-state index is -0.0242. The monoisotopic (exact) mass is 430 g/mol. The highest BCUT2D eigenvalue weighted by atomic mass is 35.5. The number of urea groups is 1. The highest BCUT2D eigenvalue weighted by molar-refractivity contribution is 8.00. The van der Waals surface area contributed by atoms with Gasteiger partial charge in [0.05, 0.1) is 15.8 Å². The zero-order chi connectivity index (χ0) is 19.4. The number of hydrogen-bond acceptors (Lipinski definition) is 4. The predicted molar refractivity (Wildman–Crippen MR) is 110 cm³/mol. The van der Waals surface area contributed by atoms with E-state index in [-0.39, 0.29) is 17.3 Å². The lowest BCUT2D eigenvalue weighted by Crippen LogP contribution is -2.52. The Kier molecular flexibility index (Phi) is 7.14. The average molecular weight is 431 g/mol. The van der Waals surface area contributed by atoms with E-state index in [1.165, 1.54) is 0 Å². The van der Waals surface area contributed by atoms with E-state index >= 15 is 0 Å². The second-order valence-electron chi connectivity index (χ2n) is 6.59. The van der Waals surface area contributed by atoms with Gasteiger partial charge in [-0.3, -0.25) is 9.69 Å². The zero-order valence-corrected chi connectivity index (χ0v) is 17.6. The van der Waals surface area contributed by atoms with Gasteiger partial charge in [-0.1, -0.05) is 29.3 Å². The number of amides is 3. The molecule has 6 nitrogen and oxygen atoms in total. The lowest BCUT2D eigenvalue weighted by atomic mass is 10.2. The first-order chi connectivity index (χ1) is 13.0. The number of thioether (sulfide) groups is 1. The molecule has 2 aliphatic heterocycles. The summed E-state index contributed by atoms with van der Waals surface area (Å²) in [6, 6.07) is 5.56. The maximum atomic E-state index is 12.4. The Morgan fingerprint density at radius 1 is 1.19 bits per heavy atom. The molecular formula is C18H24Cl2N4O2S. The van der Waals surface area contributed by atoms with Crippen molar-refractivity contribution in [3.05, 3.63) is 33.8 Å². The van der Waals surface area contributed by atoms with Crippen LogP contribution in [0.3, 0.4) is 0 Å². The average Bonchev–Trinajstić information content (AvgIpc) is 3.03. The van der Waals surface area contributed by atoms with Crippen LogP contribution >= 0.6 is 35.0 Å². The lowest BCUT2D eigenvalue weighted by molar-refractivity contribution is -0.128. The van der Waals surface area contributed by atoms with Gasteiger partial charge in [0.25, 0.3) is 0 Å². The number of nitrogens with zero attached hydrogens (tertiary/aromatic N) is 3. The van der Waals surface area contributed by atoms with Crippen LogP contribution in [0.2, 0.25) is 10.0 Å². The van der Waals surface area contributed by atoms with E-state index in [1.807, 2.05) is 28.9 Å². The van der Waals surface area contributed by atoms with Crippen LogP contribution in [0.25, 0.3) is 0 Å². The van der Waals surface area contributed by atoms with Crippen LogP contribution in [0, 0.1) is 0 Å². The van der Waals surface area contributed by atoms with Crippen LogP contribution in [0.1, 0.15) is 17.9 Å². The van der Waals surface area contributed by atoms with Gasteiger partial charge in [-0.25, -0.2) is 4.79 Å². The molecule has 1 aromatic rings.